The summed E-state index contributed by atoms with van der Waals surface area (Å²) in [5.41, 5.74) is 9.43. The molecule has 0 aliphatic heterocycles. The van der Waals surface area contributed by atoms with Crippen molar-refractivity contribution in [3.05, 3.63) is 63.9 Å². The van der Waals surface area contributed by atoms with Crippen LogP contribution in [0.3, 0.4) is 0 Å². The first-order chi connectivity index (χ1) is 10.1. The second-order valence-corrected chi connectivity index (χ2v) is 5.80. The van der Waals surface area contributed by atoms with Crippen LogP contribution in [0.5, 0.6) is 5.75 Å². The highest BCUT2D eigenvalue weighted by Gasteiger charge is 2.17. The monoisotopic (exact) mass is 305 g/mol. The normalized spacial score (nSPS) is 17.4. The Morgan fingerprint density at radius 2 is 2.10 bits per heavy atom. The van der Waals surface area contributed by atoms with Crippen LogP contribution >= 0.6 is 11.6 Å². The standard InChI is InChI=1S/C17H17ClFNO/c18-15-8-11(4-7-16(15)19)10-21-13-5-6-14-12(9-13)2-1-3-17(14)20/h4-9,17H,1-3,10,20H2. The van der Waals surface area contributed by atoms with Crippen LogP contribution in [-0.4, -0.2) is 0 Å². The Bertz CT molecular complexity index is 659. The van der Waals surface area contributed by atoms with Gasteiger partial charge in [-0.3, -0.25) is 0 Å². The number of hydrogen-bond acceptors (Lipinski definition) is 2. The number of nitrogens with two attached hydrogens (primary N) is 1. The topological polar surface area (TPSA) is 35.2 Å². The van der Waals surface area contributed by atoms with E-state index in [0.29, 0.717) is 6.61 Å². The maximum atomic E-state index is 13.1. The van der Waals surface area contributed by atoms with Gasteiger partial charge in [0.2, 0.25) is 0 Å². The van der Waals surface area contributed by atoms with Crippen molar-refractivity contribution in [2.45, 2.75) is 31.9 Å². The van der Waals surface area contributed by atoms with Gasteiger partial charge in [-0.05, 0) is 60.2 Å². The van der Waals surface area contributed by atoms with Crippen molar-refractivity contribution >= 4 is 11.6 Å². The van der Waals surface area contributed by atoms with Gasteiger partial charge < -0.3 is 10.5 Å². The van der Waals surface area contributed by atoms with Gasteiger partial charge in [-0.2, -0.15) is 0 Å². The summed E-state index contributed by atoms with van der Waals surface area (Å²) in [6, 6.07) is 10.8. The quantitative estimate of drug-likeness (QED) is 0.912. The summed E-state index contributed by atoms with van der Waals surface area (Å²) in [5.74, 6) is 0.395. The molecule has 4 heteroatoms. The summed E-state index contributed by atoms with van der Waals surface area (Å²) in [4.78, 5) is 0. The molecule has 1 aliphatic rings. The van der Waals surface area contributed by atoms with E-state index in [9.17, 15) is 4.39 Å². The van der Waals surface area contributed by atoms with Gasteiger partial charge in [-0.25, -0.2) is 4.39 Å². The summed E-state index contributed by atoms with van der Waals surface area (Å²) < 4.78 is 18.9. The van der Waals surface area contributed by atoms with Crippen LogP contribution in [0.25, 0.3) is 0 Å². The summed E-state index contributed by atoms with van der Waals surface area (Å²) in [6.07, 6.45) is 3.20. The van der Waals surface area contributed by atoms with Gasteiger partial charge in [0.25, 0.3) is 0 Å². The Hall–Kier alpha value is -1.58. The fraction of sp³-hybridized carbons (Fsp3) is 0.294. The second kappa shape index (κ2) is 6.04. The van der Waals surface area contributed by atoms with Gasteiger partial charge in [-0.1, -0.05) is 23.7 Å². The zero-order valence-corrected chi connectivity index (χ0v) is 12.4. The van der Waals surface area contributed by atoms with Crippen LogP contribution in [-0.2, 0) is 13.0 Å². The van der Waals surface area contributed by atoms with E-state index >= 15 is 0 Å². The molecule has 3 rings (SSSR count). The molecule has 2 aromatic rings. The van der Waals surface area contributed by atoms with Gasteiger partial charge in [0.15, 0.2) is 0 Å². The number of benzene rings is 2. The van der Waals surface area contributed by atoms with Gasteiger partial charge in [0, 0.05) is 6.04 Å². The first-order valence-electron chi connectivity index (χ1n) is 7.08. The second-order valence-electron chi connectivity index (χ2n) is 5.40. The SMILES string of the molecule is NC1CCCc2cc(OCc3ccc(F)c(Cl)c3)ccc21. The Kier molecular flexibility index (Phi) is 4.13. The third-order valence-electron chi connectivity index (χ3n) is 3.86. The summed E-state index contributed by atoms with van der Waals surface area (Å²) in [6.45, 7) is 0.366. The molecule has 1 atom stereocenters. The minimum absolute atomic E-state index is 0.118. The fourth-order valence-electron chi connectivity index (χ4n) is 2.71. The number of halogens is 2. The number of aryl methyl sites for hydroxylation is 1. The third-order valence-corrected chi connectivity index (χ3v) is 4.15. The molecule has 1 aliphatic carbocycles. The molecular weight excluding hydrogens is 289 g/mol. The van der Waals surface area contributed by atoms with Gasteiger partial charge in [0.05, 0.1) is 5.02 Å². The van der Waals surface area contributed by atoms with Crippen LogP contribution in [0.15, 0.2) is 36.4 Å². The van der Waals surface area contributed by atoms with E-state index in [-0.39, 0.29) is 11.1 Å². The van der Waals surface area contributed by atoms with E-state index in [2.05, 4.69) is 6.07 Å². The van der Waals surface area contributed by atoms with E-state index in [1.165, 1.54) is 17.2 Å². The van der Waals surface area contributed by atoms with Crippen LogP contribution in [0.4, 0.5) is 4.39 Å². The van der Waals surface area contributed by atoms with Gasteiger partial charge in [-0.15, -0.1) is 0 Å². The average Bonchev–Trinajstić information content (AvgIpc) is 2.49. The largest absolute Gasteiger partial charge is 0.489 e. The highest BCUT2D eigenvalue weighted by Crippen LogP contribution is 2.31. The number of ether oxygens (including phenoxy) is 1. The molecule has 0 amide bonds. The molecule has 0 aromatic heterocycles. The molecule has 2 aromatic carbocycles. The smallest absolute Gasteiger partial charge is 0.141 e. The van der Waals surface area contributed by atoms with Gasteiger partial charge >= 0.3 is 0 Å². The van der Waals surface area contributed by atoms with Crippen LogP contribution in [0.1, 0.15) is 35.6 Å². The fourth-order valence-corrected chi connectivity index (χ4v) is 2.92. The van der Waals surface area contributed by atoms with E-state index < -0.39 is 5.82 Å². The van der Waals surface area contributed by atoms with Crippen LogP contribution in [0.2, 0.25) is 5.02 Å². The Morgan fingerprint density at radius 3 is 2.90 bits per heavy atom. The molecule has 110 valence electrons. The van der Waals surface area contributed by atoms with Crippen molar-refractivity contribution in [2.75, 3.05) is 0 Å². The molecule has 2 nitrogen and oxygen atoms in total. The molecule has 2 N–H and O–H groups in total. The molecule has 0 saturated carbocycles. The van der Waals surface area contributed by atoms with Crippen molar-refractivity contribution < 1.29 is 9.13 Å². The summed E-state index contributed by atoms with van der Waals surface area (Å²) >= 11 is 5.76. The Balaban J connectivity index is 1.72. The lowest BCUT2D eigenvalue weighted by Crippen LogP contribution is -2.17. The summed E-state index contributed by atoms with van der Waals surface area (Å²) in [5, 5.41) is 0.118. The van der Waals surface area contributed by atoms with Crippen molar-refractivity contribution in [1.29, 1.82) is 0 Å². The number of fused-ring (bicyclic) bond motifs is 1. The highest BCUT2D eigenvalue weighted by molar-refractivity contribution is 6.30. The third kappa shape index (κ3) is 3.20. The molecular formula is C17H17ClFNO. The van der Waals surface area contributed by atoms with Crippen molar-refractivity contribution in [3.8, 4) is 5.75 Å². The lowest BCUT2D eigenvalue weighted by Gasteiger charge is -2.22. The minimum Gasteiger partial charge on any atom is -0.489 e. The number of hydrogen-bond donors (Lipinski definition) is 1. The molecule has 0 bridgehead atoms. The van der Waals surface area contributed by atoms with Crippen molar-refractivity contribution in [2.24, 2.45) is 5.73 Å². The van der Waals surface area contributed by atoms with Gasteiger partial charge in [0.1, 0.15) is 18.2 Å². The van der Waals surface area contributed by atoms with E-state index in [0.717, 1.165) is 30.6 Å². The predicted octanol–water partition coefficient (Wildman–Crippen LogP) is 4.39. The van der Waals surface area contributed by atoms with Crippen LogP contribution < -0.4 is 10.5 Å². The highest BCUT2D eigenvalue weighted by atomic mass is 35.5. The van der Waals surface area contributed by atoms with Crippen LogP contribution in [0, 0.1) is 5.82 Å². The van der Waals surface area contributed by atoms with E-state index in [4.69, 9.17) is 22.1 Å². The zero-order valence-electron chi connectivity index (χ0n) is 11.6. The Morgan fingerprint density at radius 1 is 1.24 bits per heavy atom. The molecule has 0 spiro atoms. The van der Waals surface area contributed by atoms with E-state index in [1.807, 2.05) is 12.1 Å². The van der Waals surface area contributed by atoms with Crippen molar-refractivity contribution in [1.82, 2.24) is 0 Å². The predicted molar refractivity (Wildman–Crippen MR) is 82.1 cm³/mol. The maximum absolute atomic E-state index is 13.1. The Labute approximate surface area is 128 Å². The molecule has 0 fully saturated rings. The first kappa shape index (κ1) is 14.4. The molecule has 0 radical (unpaired) electrons. The lowest BCUT2D eigenvalue weighted by molar-refractivity contribution is 0.305. The molecule has 0 heterocycles. The zero-order chi connectivity index (χ0) is 14.8. The maximum Gasteiger partial charge on any atom is 0.141 e. The number of rotatable bonds is 3. The first-order valence-corrected chi connectivity index (χ1v) is 7.46. The molecule has 1 unspecified atom stereocenters. The molecule has 0 saturated heterocycles. The average molecular weight is 306 g/mol. The van der Waals surface area contributed by atoms with E-state index in [1.54, 1.807) is 12.1 Å². The lowest BCUT2D eigenvalue weighted by atomic mass is 9.88. The summed E-state index contributed by atoms with van der Waals surface area (Å²) in [7, 11) is 0. The van der Waals surface area contributed by atoms with Crippen molar-refractivity contribution in [3.63, 3.8) is 0 Å². The minimum atomic E-state index is -0.414. The molecule has 21 heavy (non-hydrogen) atoms.